The largest absolute Gasteiger partial charge is 0.478 e. The third-order valence-electron chi connectivity index (χ3n) is 4.83. The molecule has 3 rings (SSSR count). The number of benzene rings is 1. The molecule has 1 unspecified atom stereocenters. The van der Waals surface area contributed by atoms with Gasteiger partial charge in [0, 0.05) is 12.6 Å². The van der Waals surface area contributed by atoms with E-state index < -0.39 is 5.97 Å². The minimum absolute atomic E-state index is 0.342. The van der Waals surface area contributed by atoms with E-state index >= 15 is 0 Å². The van der Waals surface area contributed by atoms with Gasteiger partial charge in [-0.3, -0.25) is 0 Å². The van der Waals surface area contributed by atoms with E-state index in [1.807, 2.05) is 6.07 Å². The Kier molecular flexibility index (Phi) is 3.55. The molecule has 1 aliphatic carbocycles. The third kappa shape index (κ3) is 2.23. The van der Waals surface area contributed by atoms with Crippen LogP contribution < -0.4 is 10.6 Å². The molecule has 1 atom stereocenters. The maximum absolute atomic E-state index is 11.5. The molecule has 1 aromatic rings. The summed E-state index contributed by atoms with van der Waals surface area (Å²) >= 11 is 0. The zero-order valence-corrected chi connectivity index (χ0v) is 11.7. The maximum Gasteiger partial charge on any atom is 0.337 e. The number of nitrogens with zero attached hydrogens (tertiary/aromatic N) is 1. The highest BCUT2D eigenvalue weighted by Crippen LogP contribution is 2.40. The Labute approximate surface area is 119 Å². The first-order valence-electron chi connectivity index (χ1n) is 7.57. The average molecular weight is 274 g/mol. The van der Waals surface area contributed by atoms with Crippen LogP contribution >= 0.6 is 0 Å². The Bertz CT molecular complexity index is 509. The van der Waals surface area contributed by atoms with Crippen LogP contribution in [0.4, 0.5) is 11.4 Å². The fraction of sp³-hybridized carbons (Fsp3) is 0.562. The number of hydrogen-bond donors (Lipinski definition) is 2. The van der Waals surface area contributed by atoms with Crippen molar-refractivity contribution in [2.45, 2.75) is 44.6 Å². The van der Waals surface area contributed by atoms with Crippen molar-refractivity contribution in [3.8, 4) is 0 Å². The fourth-order valence-corrected chi connectivity index (χ4v) is 3.96. The SMILES string of the molecule is Nc1cccc(C(=O)O)c1N1CCCC1C1CCCC1. The Hall–Kier alpha value is -1.71. The average Bonchev–Trinajstić information content (AvgIpc) is 3.08. The van der Waals surface area contributed by atoms with Gasteiger partial charge in [-0.1, -0.05) is 18.9 Å². The van der Waals surface area contributed by atoms with Gasteiger partial charge in [0.2, 0.25) is 0 Å². The Morgan fingerprint density at radius 1 is 1.20 bits per heavy atom. The van der Waals surface area contributed by atoms with Gasteiger partial charge in [-0.05, 0) is 43.7 Å². The zero-order valence-electron chi connectivity index (χ0n) is 11.7. The van der Waals surface area contributed by atoms with Crippen LogP contribution in [0.5, 0.6) is 0 Å². The molecular formula is C16H22N2O2. The molecule has 1 heterocycles. The van der Waals surface area contributed by atoms with E-state index in [-0.39, 0.29) is 0 Å². The molecule has 0 aromatic heterocycles. The molecule has 0 radical (unpaired) electrons. The molecular weight excluding hydrogens is 252 g/mol. The van der Waals surface area contributed by atoms with Gasteiger partial charge in [0.05, 0.1) is 16.9 Å². The van der Waals surface area contributed by atoms with Crippen LogP contribution in [0.2, 0.25) is 0 Å². The highest BCUT2D eigenvalue weighted by Gasteiger charge is 2.35. The second kappa shape index (κ2) is 5.35. The summed E-state index contributed by atoms with van der Waals surface area (Å²) in [5.41, 5.74) is 7.77. The molecule has 1 saturated carbocycles. The van der Waals surface area contributed by atoms with Crippen molar-refractivity contribution in [1.29, 1.82) is 0 Å². The van der Waals surface area contributed by atoms with E-state index in [4.69, 9.17) is 5.73 Å². The predicted octanol–water partition coefficient (Wildman–Crippen LogP) is 3.13. The Morgan fingerprint density at radius 3 is 2.65 bits per heavy atom. The number of anilines is 2. The van der Waals surface area contributed by atoms with Gasteiger partial charge in [-0.25, -0.2) is 4.79 Å². The number of nitrogen functional groups attached to an aromatic ring is 1. The molecule has 0 amide bonds. The molecule has 1 aromatic carbocycles. The van der Waals surface area contributed by atoms with Crippen molar-refractivity contribution in [3.05, 3.63) is 23.8 Å². The first-order chi connectivity index (χ1) is 9.68. The van der Waals surface area contributed by atoms with Crippen molar-refractivity contribution in [1.82, 2.24) is 0 Å². The number of hydrogen-bond acceptors (Lipinski definition) is 3. The van der Waals surface area contributed by atoms with Crippen LogP contribution in [0.3, 0.4) is 0 Å². The van der Waals surface area contributed by atoms with Crippen LogP contribution in [-0.2, 0) is 0 Å². The van der Waals surface area contributed by atoms with Gasteiger partial charge in [0.15, 0.2) is 0 Å². The van der Waals surface area contributed by atoms with Crippen molar-refractivity contribution in [2.24, 2.45) is 5.92 Å². The summed E-state index contributed by atoms with van der Waals surface area (Å²) in [6.07, 6.45) is 7.47. The number of para-hydroxylation sites is 1. The molecule has 2 fully saturated rings. The van der Waals surface area contributed by atoms with Gasteiger partial charge < -0.3 is 15.7 Å². The van der Waals surface area contributed by atoms with Gasteiger partial charge in [0.1, 0.15) is 0 Å². The topological polar surface area (TPSA) is 66.6 Å². The second-order valence-corrected chi connectivity index (χ2v) is 6.00. The lowest BCUT2D eigenvalue weighted by molar-refractivity contribution is 0.0697. The summed E-state index contributed by atoms with van der Waals surface area (Å²) in [6.45, 7) is 0.926. The molecule has 0 spiro atoms. The van der Waals surface area contributed by atoms with Crippen molar-refractivity contribution >= 4 is 17.3 Å². The zero-order chi connectivity index (χ0) is 14.1. The first-order valence-corrected chi connectivity index (χ1v) is 7.57. The van der Waals surface area contributed by atoms with Gasteiger partial charge in [-0.2, -0.15) is 0 Å². The standard InChI is InChI=1S/C16H22N2O2/c17-13-8-3-7-12(16(19)20)15(13)18-10-4-9-14(18)11-5-1-2-6-11/h3,7-8,11,14H,1-2,4-6,9-10,17H2,(H,19,20). The lowest BCUT2D eigenvalue weighted by Crippen LogP contribution is -2.36. The fourth-order valence-electron chi connectivity index (χ4n) is 3.96. The van der Waals surface area contributed by atoms with E-state index in [1.54, 1.807) is 12.1 Å². The molecule has 2 aliphatic rings. The van der Waals surface area contributed by atoms with E-state index in [0.29, 0.717) is 23.2 Å². The Balaban J connectivity index is 1.96. The quantitative estimate of drug-likeness (QED) is 0.831. The lowest BCUT2D eigenvalue weighted by atomic mass is 9.95. The van der Waals surface area contributed by atoms with E-state index in [0.717, 1.165) is 25.1 Å². The van der Waals surface area contributed by atoms with Gasteiger partial charge in [-0.15, -0.1) is 0 Å². The summed E-state index contributed by atoms with van der Waals surface area (Å²) in [7, 11) is 0. The van der Waals surface area contributed by atoms with Crippen LogP contribution in [0, 0.1) is 5.92 Å². The van der Waals surface area contributed by atoms with Gasteiger partial charge >= 0.3 is 5.97 Å². The number of aromatic carboxylic acids is 1. The highest BCUT2D eigenvalue weighted by atomic mass is 16.4. The van der Waals surface area contributed by atoms with Crippen LogP contribution in [0.25, 0.3) is 0 Å². The molecule has 3 N–H and O–H groups in total. The summed E-state index contributed by atoms with van der Waals surface area (Å²) in [6, 6.07) is 5.67. The second-order valence-electron chi connectivity index (χ2n) is 6.00. The van der Waals surface area contributed by atoms with Crippen molar-refractivity contribution in [3.63, 3.8) is 0 Å². The summed E-state index contributed by atoms with van der Waals surface area (Å²) in [4.78, 5) is 13.7. The number of carbonyl (C=O) groups is 1. The molecule has 4 nitrogen and oxygen atoms in total. The van der Waals surface area contributed by atoms with Crippen molar-refractivity contribution in [2.75, 3.05) is 17.2 Å². The van der Waals surface area contributed by atoms with E-state index in [1.165, 1.54) is 25.7 Å². The number of carboxylic acid groups (broad SMARTS) is 1. The number of nitrogens with two attached hydrogens (primary N) is 1. The van der Waals surface area contributed by atoms with Crippen LogP contribution in [0.15, 0.2) is 18.2 Å². The minimum Gasteiger partial charge on any atom is -0.478 e. The molecule has 1 saturated heterocycles. The third-order valence-corrected chi connectivity index (χ3v) is 4.83. The molecule has 4 heteroatoms. The molecule has 1 aliphatic heterocycles. The normalized spacial score (nSPS) is 23.4. The van der Waals surface area contributed by atoms with Crippen LogP contribution in [-0.4, -0.2) is 23.7 Å². The molecule has 0 bridgehead atoms. The minimum atomic E-state index is -0.885. The van der Waals surface area contributed by atoms with Crippen molar-refractivity contribution < 1.29 is 9.90 Å². The van der Waals surface area contributed by atoms with Gasteiger partial charge in [0.25, 0.3) is 0 Å². The monoisotopic (exact) mass is 274 g/mol. The van der Waals surface area contributed by atoms with E-state index in [2.05, 4.69) is 4.90 Å². The molecule has 20 heavy (non-hydrogen) atoms. The lowest BCUT2D eigenvalue weighted by Gasteiger charge is -2.33. The van der Waals surface area contributed by atoms with E-state index in [9.17, 15) is 9.90 Å². The predicted molar refractivity (Wildman–Crippen MR) is 80.1 cm³/mol. The summed E-state index contributed by atoms with van der Waals surface area (Å²) in [5, 5.41) is 9.42. The number of carboxylic acids is 1. The maximum atomic E-state index is 11.5. The summed E-state index contributed by atoms with van der Waals surface area (Å²) < 4.78 is 0. The first kappa shape index (κ1) is 13.3. The van der Waals surface area contributed by atoms with Crippen LogP contribution in [0.1, 0.15) is 48.9 Å². The summed E-state index contributed by atoms with van der Waals surface area (Å²) in [5.74, 6) is -0.178. The molecule has 108 valence electrons. The number of rotatable bonds is 3. The Morgan fingerprint density at radius 2 is 1.95 bits per heavy atom. The smallest absolute Gasteiger partial charge is 0.337 e. The highest BCUT2D eigenvalue weighted by molar-refractivity contribution is 5.98.